The third-order valence-corrected chi connectivity index (χ3v) is 5.81. The Labute approximate surface area is 177 Å². The van der Waals surface area contributed by atoms with Gasteiger partial charge < -0.3 is 10.2 Å². The van der Waals surface area contributed by atoms with Gasteiger partial charge in [0.15, 0.2) is 0 Å². The predicted molar refractivity (Wildman–Crippen MR) is 112 cm³/mol. The summed E-state index contributed by atoms with van der Waals surface area (Å²) in [5, 5.41) is 5.22. The maximum absolute atomic E-state index is 13.1. The second-order valence-electron chi connectivity index (χ2n) is 7.15. The lowest BCUT2D eigenvalue weighted by Gasteiger charge is -2.32. The van der Waals surface area contributed by atoms with E-state index in [9.17, 15) is 14.0 Å². The Hall–Kier alpha value is -2.85. The molecular weight excluding hydrogens is 407 g/mol. The summed E-state index contributed by atoms with van der Waals surface area (Å²) in [5.74, 6) is 0.283. The van der Waals surface area contributed by atoms with Crippen LogP contribution in [-0.4, -0.2) is 45.7 Å². The number of imide groups is 1. The van der Waals surface area contributed by atoms with Crippen LogP contribution >= 0.6 is 11.8 Å². The number of nitrogens with one attached hydrogen (secondary N) is 2. The molecule has 0 unspecified atom stereocenters. The summed E-state index contributed by atoms with van der Waals surface area (Å²) in [7, 11) is 0. The molecule has 2 aliphatic rings. The molecule has 2 aliphatic heterocycles. The van der Waals surface area contributed by atoms with Gasteiger partial charge in [-0.3, -0.25) is 14.9 Å². The molecule has 2 N–H and O–H groups in total. The first kappa shape index (κ1) is 20.4. The molecule has 2 amide bonds. The van der Waals surface area contributed by atoms with Crippen LogP contribution in [0.5, 0.6) is 0 Å². The molecule has 0 aliphatic carbocycles. The van der Waals surface area contributed by atoms with E-state index in [-0.39, 0.29) is 5.24 Å². The maximum atomic E-state index is 13.1. The van der Waals surface area contributed by atoms with E-state index in [4.69, 9.17) is 0 Å². The van der Waals surface area contributed by atoms with E-state index in [1.54, 1.807) is 24.4 Å². The molecule has 156 valence electrons. The second-order valence-corrected chi connectivity index (χ2v) is 8.16. The van der Waals surface area contributed by atoms with E-state index in [2.05, 4.69) is 30.5 Å². The largest absolute Gasteiger partial charge is 0.341 e. The molecule has 0 saturated carbocycles. The highest BCUT2D eigenvalue weighted by molar-refractivity contribution is 8.18. The molecule has 4 rings (SSSR count). The van der Waals surface area contributed by atoms with Crippen molar-refractivity contribution in [2.24, 2.45) is 5.92 Å². The summed E-state index contributed by atoms with van der Waals surface area (Å²) in [5.41, 5.74) is 1.29. The van der Waals surface area contributed by atoms with Gasteiger partial charge in [-0.05, 0) is 61.3 Å². The van der Waals surface area contributed by atoms with Gasteiger partial charge >= 0.3 is 0 Å². The highest BCUT2D eigenvalue weighted by atomic mass is 32.2. The summed E-state index contributed by atoms with van der Waals surface area (Å²) in [6, 6.07) is 6.53. The summed E-state index contributed by atoms with van der Waals surface area (Å²) in [6.07, 6.45) is 5.25. The zero-order chi connectivity index (χ0) is 20.9. The highest BCUT2D eigenvalue weighted by Crippen LogP contribution is 2.26. The van der Waals surface area contributed by atoms with Crippen molar-refractivity contribution in [3.63, 3.8) is 0 Å². The molecule has 4 heterocycles. The Morgan fingerprint density at radius 2 is 2.07 bits per heavy atom. The van der Waals surface area contributed by atoms with Gasteiger partial charge in [0.05, 0.1) is 16.3 Å². The molecule has 2 aromatic rings. The SMILES string of the molecule is O=C1NC(=O)/C(=C/c2ccnc(N3CCC(CNCc4cccc(F)n4)CC3)n2)S1. The van der Waals surface area contributed by atoms with Crippen molar-refractivity contribution in [3.8, 4) is 0 Å². The number of piperidine rings is 1. The van der Waals surface area contributed by atoms with Gasteiger partial charge in [0, 0.05) is 25.8 Å². The van der Waals surface area contributed by atoms with Gasteiger partial charge in [-0.25, -0.2) is 15.0 Å². The predicted octanol–water partition coefficient (Wildman–Crippen LogP) is 2.34. The molecule has 0 spiro atoms. The molecule has 0 bridgehead atoms. The van der Waals surface area contributed by atoms with E-state index >= 15 is 0 Å². The highest BCUT2D eigenvalue weighted by Gasteiger charge is 2.25. The number of anilines is 1. The van der Waals surface area contributed by atoms with Crippen molar-refractivity contribution < 1.29 is 14.0 Å². The Balaban J connectivity index is 1.28. The minimum atomic E-state index is -0.459. The number of thioether (sulfide) groups is 1. The number of nitrogens with zero attached hydrogens (tertiary/aromatic N) is 4. The van der Waals surface area contributed by atoms with Crippen molar-refractivity contribution in [1.82, 2.24) is 25.6 Å². The first-order valence-electron chi connectivity index (χ1n) is 9.72. The van der Waals surface area contributed by atoms with Crippen molar-refractivity contribution >= 4 is 34.9 Å². The van der Waals surface area contributed by atoms with Crippen LogP contribution in [0.25, 0.3) is 6.08 Å². The van der Waals surface area contributed by atoms with Crippen LogP contribution in [0.2, 0.25) is 0 Å². The Morgan fingerprint density at radius 1 is 1.23 bits per heavy atom. The number of hydrogen-bond acceptors (Lipinski definition) is 8. The number of pyridine rings is 1. The number of carbonyl (C=O) groups is 2. The fourth-order valence-corrected chi connectivity index (χ4v) is 4.11. The zero-order valence-electron chi connectivity index (χ0n) is 16.2. The van der Waals surface area contributed by atoms with Gasteiger partial charge in [-0.1, -0.05) is 6.07 Å². The quantitative estimate of drug-likeness (QED) is 0.534. The number of carbonyl (C=O) groups excluding carboxylic acids is 2. The van der Waals surface area contributed by atoms with Gasteiger partial charge in [0.1, 0.15) is 0 Å². The van der Waals surface area contributed by atoms with Crippen LogP contribution in [-0.2, 0) is 11.3 Å². The smallest absolute Gasteiger partial charge is 0.290 e. The third-order valence-electron chi connectivity index (χ3n) is 4.99. The molecule has 0 atom stereocenters. The van der Waals surface area contributed by atoms with E-state index in [1.165, 1.54) is 6.07 Å². The van der Waals surface area contributed by atoms with Crippen molar-refractivity contribution in [1.29, 1.82) is 0 Å². The first-order chi connectivity index (χ1) is 14.6. The lowest BCUT2D eigenvalue weighted by Crippen LogP contribution is -2.38. The summed E-state index contributed by atoms with van der Waals surface area (Å²) in [6.45, 7) is 3.06. The van der Waals surface area contributed by atoms with E-state index in [0.29, 0.717) is 34.7 Å². The molecule has 10 heteroatoms. The first-order valence-corrected chi connectivity index (χ1v) is 10.5. The topological polar surface area (TPSA) is 100 Å². The third kappa shape index (κ3) is 5.19. The second kappa shape index (κ2) is 9.31. The molecule has 2 aromatic heterocycles. The van der Waals surface area contributed by atoms with Crippen molar-refractivity contribution in [2.45, 2.75) is 19.4 Å². The lowest BCUT2D eigenvalue weighted by atomic mass is 9.97. The molecule has 8 nitrogen and oxygen atoms in total. The molecule has 0 aromatic carbocycles. The maximum Gasteiger partial charge on any atom is 0.290 e. The Kier molecular flexibility index (Phi) is 6.34. The van der Waals surface area contributed by atoms with Crippen molar-refractivity contribution in [3.05, 3.63) is 52.7 Å². The molecular formula is C20H21FN6O2S. The number of halogens is 1. The number of aromatic nitrogens is 3. The molecule has 2 fully saturated rings. The molecule has 30 heavy (non-hydrogen) atoms. The normalized spacial score (nSPS) is 18.8. The van der Waals surface area contributed by atoms with Gasteiger partial charge in [0.2, 0.25) is 11.9 Å². The molecule has 0 radical (unpaired) electrons. The summed E-state index contributed by atoms with van der Waals surface area (Å²) < 4.78 is 13.1. The van der Waals surface area contributed by atoms with E-state index in [1.807, 2.05) is 6.07 Å². The fraction of sp³-hybridized carbons (Fsp3) is 0.350. The van der Waals surface area contributed by atoms with Gasteiger partial charge in [-0.15, -0.1) is 0 Å². The van der Waals surface area contributed by atoms with Crippen LogP contribution in [0.1, 0.15) is 24.2 Å². The average molecular weight is 428 g/mol. The monoisotopic (exact) mass is 428 g/mol. The zero-order valence-corrected chi connectivity index (χ0v) is 17.0. The Morgan fingerprint density at radius 3 is 2.80 bits per heavy atom. The van der Waals surface area contributed by atoms with Crippen LogP contribution in [0.3, 0.4) is 0 Å². The van der Waals surface area contributed by atoms with Crippen LogP contribution in [0.15, 0.2) is 35.4 Å². The molecule has 2 saturated heterocycles. The van der Waals surface area contributed by atoms with Gasteiger partial charge in [0.25, 0.3) is 11.1 Å². The van der Waals surface area contributed by atoms with Crippen LogP contribution in [0, 0.1) is 11.9 Å². The number of hydrogen-bond donors (Lipinski definition) is 2. The average Bonchev–Trinajstić information content (AvgIpc) is 3.05. The van der Waals surface area contributed by atoms with E-state index < -0.39 is 11.9 Å². The number of rotatable bonds is 6. The van der Waals surface area contributed by atoms with Crippen LogP contribution in [0.4, 0.5) is 15.1 Å². The number of amides is 2. The summed E-state index contributed by atoms with van der Waals surface area (Å²) >= 11 is 0.872. The van der Waals surface area contributed by atoms with Crippen molar-refractivity contribution in [2.75, 3.05) is 24.5 Å². The standard InChI is InChI=1S/C20H21FN6O2S/c21-17-3-1-2-15(24-17)12-22-11-13-5-8-27(9-6-13)19-23-7-4-14(25-19)10-16-18(28)26-20(29)30-16/h1-4,7,10,13,22H,5-6,8-9,11-12H2,(H,26,28,29)/b16-10-. The van der Waals surface area contributed by atoms with E-state index in [0.717, 1.165) is 44.2 Å². The van der Waals surface area contributed by atoms with Crippen LogP contribution < -0.4 is 15.5 Å². The minimum absolute atomic E-state index is 0.335. The Bertz CT molecular complexity index is 977. The minimum Gasteiger partial charge on any atom is -0.341 e. The van der Waals surface area contributed by atoms with Gasteiger partial charge in [-0.2, -0.15) is 4.39 Å². The fourth-order valence-electron chi connectivity index (χ4n) is 3.44. The summed E-state index contributed by atoms with van der Waals surface area (Å²) in [4.78, 5) is 38.2. The lowest BCUT2D eigenvalue weighted by molar-refractivity contribution is -0.115.